The molecule has 1 fully saturated rings. The molecule has 2 aliphatic rings. The van der Waals surface area contributed by atoms with Gasteiger partial charge >= 0.3 is 11.9 Å². The summed E-state index contributed by atoms with van der Waals surface area (Å²) in [6.07, 6.45) is 4.78. The monoisotopic (exact) mass is 761 g/mol. The number of nitriles is 1. The van der Waals surface area contributed by atoms with Crippen LogP contribution < -0.4 is 19.9 Å². The molecule has 17 heteroatoms. The van der Waals surface area contributed by atoms with Crippen molar-refractivity contribution in [2.75, 3.05) is 20.0 Å². The molecule has 15 nitrogen and oxygen atoms in total. The summed E-state index contributed by atoms with van der Waals surface area (Å²) in [5.41, 5.74) is 1.99. The van der Waals surface area contributed by atoms with Crippen molar-refractivity contribution >= 4 is 58.5 Å². The highest BCUT2D eigenvalue weighted by Gasteiger charge is 2.55. The number of thiophene rings is 1. The number of β-lactam (4-membered cyclic amide) rings is 1. The first kappa shape index (κ1) is 38.5. The number of fused-ring (bicyclic) bond motifs is 1. The summed E-state index contributed by atoms with van der Waals surface area (Å²) in [6, 6.07) is 11.4. The highest BCUT2D eigenvalue weighted by molar-refractivity contribution is 8.00. The Balaban J connectivity index is 1.35. The van der Waals surface area contributed by atoms with Gasteiger partial charge in [0.05, 0.1) is 18.4 Å². The minimum Gasteiger partial charge on any atom is -0.497 e. The first-order valence-electron chi connectivity index (χ1n) is 16.2. The predicted octanol–water partition coefficient (Wildman–Crippen LogP) is 3.05. The van der Waals surface area contributed by atoms with E-state index >= 15 is 0 Å². The zero-order valence-corrected chi connectivity index (χ0v) is 31.2. The fraction of sp³-hybridized carbons (Fsp3) is 0.333. The zero-order chi connectivity index (χ0) is 38.3. The summed E-state index contributed by atoms with van der Waals surface area (Å²) in [6.45, 7) is 5.26. The molecule has 5 rings (SSSR count). The van der Waals surface area contributed by atoms with Crippen LogP contribution in [-0.4, -0.2) is 77.3 Å². The van der Waals surface area contributed by atoms with Gasteiger partial charge in [0.15, 0.2) is 30.8 Å². The van der Waals surface area contributed by atoms with Gasteiger partial charge in [0.1, 0.15) is 42.2 Å². The van der Waals surface area contributed by atoms with Crippen LogP contribution in [0.25, 0.3) is 11.1 Å². The molecule has 276 valence electrons. The molecule has 53 heavy (non-hydrogen) atoms. The molecule has 3 amide bonds. The van der Waals surface area contributed by atoms with Gasteiger partial charge in [-0.2, -0.15) is 5.26 Å². The maximum Gasteiger partial charge on any atom is 0.355 e. The van der Waals surface area contributed by atoms with Crippen molar-refractivity contribution < 1.29 is 47.6 Å². The minimum atomic E-state index is -1.02. The highest BCUT2D eigenvalue weighted by Crippen LogP contribution is 2.41. The first-order valence-corrected chi connectivity index (χ1v) is 18.1. The molecule has 0 bridgehead atoms. The molecule has 2 atom stereocenters. The molecule has 0 radical (unpaired) electrons. The number of hydrogen-bond donors (Lipinski definition) is 2. The molecule has 4 heterocycles. The van der Waals surface area contributed by atoms with Crippen LogP contribution in [0, 0.1) is 11.5 Å². The van der Waals surface area contributed by atoms with Gasteiger partial charge in [-0.05, 0) is 61.0 Å². The third-order valence-corrected chi connectivity index (χ3v) is 10.1. The summed E-state index contributed by atoms with van der Waals surface area (Å²) in [5, 5.41) is 18.4. The van der Waals surface area contributed by atoms with Gasteiger partial charge in [0, 0.05) is 23.5 Å². The molecular formula is C36H37N6O9S2+. The smallest absolute Gasteiger partial charge is 0.355 e. The third-order valence-electron chi connectivity index (χ3n) is 7.84. The molecule has 1 aromatic carbocycles. The molecule has 0 saturated carbocycles. The fourth-order valence-corrected chi connectivity index (χ4v) is 7.58. The summed E-state index contributed by atoms with van der Waals surface area (Å²) >= 11 is 2.58. The number of thioether (sulfide) groups is 1. The zero-order valence-electron chi connectivity index (χ0n) is 29.5. The minimum absolute atomic E-state index is 0.0576. The van der Waals surface area contributed by atoms with Gasteiger partial charge in [0.2, 0.25) is 0 Å². The van der Waals surface area contributed by atoms with Crippen LogP contribution in [0.2, 0.25) is 0 Å². The Bertz CT molecular complexity index is 2000. The van der Waals surface area contributed by atoms with E-state index in [2.05, 4.69) is 15.8 Å². The number of rotatable bonds is 13. The van der Waals surface area contributed by atoms with Crippen molar-refractivity contribution in [2.24, 2.45) is 5.16 Å². The standard InChI is InChI=1S/C36H36N6O9S2/c1-36(2,3)51-28(43)15-26(40-49-5)31(44)39-29-33(46)42-30(35(47)50-17-21-6-8-25(48-4)9-7-21)24(19-53-34(29)42)16-41-12-10-22(11-13-41)23-14-27(52-18-23)32(45)38-20-37/h6-14,18,29,34H,15-17,19H2,1-5H3,(H-,38,39,44,45)/p+1/b40-26+. The number of methoxy groups -OCH3 is 1. The molecule has 1 saturated heterocycles. The van der Waals surface area contributed by atoms with Crippen LogP contribution in [0.5, 0.6) is 5.75 Å². The van der Waals surface area contributed by atoms with Crippen LogP contribution >= 0.6 is 23.1 Å². The number of esters is 2. The SMILES string of the molecule is CO/N=C(\CC(=O)OC(C)(C)C)C(=O)NC1C(=O)N2C(C(=O)OCc3ccc(OC)cc3)=C(C[n+]3ccc(-c4csc(C(=O)NC#N)c4)cc3)CSC12. The molecule has 2 unspecified atom stereocenters. The average molecular weight is 762 g/mol. The number of pyridine rings is 1. The van der Waals surface area contributed by atoms with Crippen molar-refractivity contribution in [3.63, 3.8) is 0 Å². The Morgan fingerprint density at radius 1 is 1.08 bits per heavy atom. The Morgan fingerprint density at radius 3 is 2.43 bits per heavy atom. The molecule has 2 N–H and O–H groups in total. The lowest BCUT2D eigenvalue weighted by atomic mass is 10.0. The summed E-state index contributed by atoms with van der Waals surface area (Å²) in [4.78, 5) is 71.7. The summed E-state index contributed by atoms with van der Waals surface area (Å²) in [7, 11) is 2.78. The van der Waals surface area contributed by atoms with Crippen LogP contribution in [0.15, 0.2) is 76.7 Å². The third kappa shape index (κ3) is 9.39. The number of oxime groups is 1. The summed E-state index contributed by atoms with van der Waals surface area (Å²) < 4.78 is 18.1. The Hall–Kier alpha value is -5.73. The maximum absolute atomic E-state index is 13.8. The van der Waals surface area contributed by atoms with E-state index in [9.17, 15) is 24.0 Å². The van der Waals surface area contributed by atoms with E-state index in [1.807, 2.05) is 34.5 Å². The quantitative estimate of drug-likeness (QED) is 0.0496. The van der Waals surface area contributed by atoms with Crippen LogP contribution in [0.1, 0.15) is 42.4 Å². The van der Waals surface area contributed by atoms with Gasteiger partial charge in [0.25, 0.3) is 17.7 Å². The van der Waals surface area contributed by atoms with Gasteiger partial charge < -0.3 is 24.4 Å². The molecule has 0 spiro atoms. The van der Waals surface area contributed by atoms with E-state index in [1.54, 1.807) is 64.4 Å². The fourth-order valence-electron chi connectivity index (χ4n) is 5.43. The van der Waals surface area contributed by atoms with E-state index in [-0.39, 0.29) is 24.6 Å². The average Bonchev–Trinajstić information content (AvgIpc) is 3.63. The van der Waals surface area contributed by atoms with Gasteiger partial charge in [-0.1, -0.05) is 17.3 Å². The molecule has 3 aromatic rings. The second kappa shape index (κ2) is 16.7. The normalized spacial score (nSPS) is 16.8. The largest absolute Gasteiger partial charge is 0.497 e. The topological polar surface area (TPSA) is 190 Å². The van der Waals surface area contributed by atoms with Crippen LogP contribution in [0.4, 0.5) is 0 Å². The second-order valence-electron chi connectivity index (χ2n) is 12.7. The molecule has 2 aromatic heterocycles. The number of carbonyl (C=O) groups is 5. The number of ether oxygens (including phenoxy) is 3. The first-order chi connectivity index (χ1) is 25.3. The van der Waals surface area contributed by atoms with Crippen molar-refractivity contribution in [1.29, 1.82) is 5.26 Å². The van der Waals surface area contributed by atoms with Crippen molar-refractivity contribution in [3.8, 4) is 23.1 Å². The Labute approximate surface area is 313 Å². The van der Waals surface area contributed by atoms with Crippen LogP contribution in [0.3, 0.4) is 0 Å². The van der Waals surface area contributed by atoms with Gasteiger partial charge in [-0.25, -0.2) is 9.36 Å². The van der Waals surface area contributed by atoms with E-state index in [0.717, 1.165) is 11.1 Å². The van der Waals surface area contributed by atoms with Crippen molar-refractivity contribution in [1.82, 2.24) is 15.5 Å². The molecule has 0 aliphatic carbocycles. The predicted molar refractivity (Wildman–Crippen MR) is 193 cm³/mol. The van der Waals surface area contributed by atoms with Gasteiger partial charge in [-0.3, -0.25) is 29.4 Å². The van der Waals surface area contributed by atoms with E-state index < -0.39 is 53.1 Å². The number of nitrogens with one attached hydrogen (secondary N) is 2. The summed E-state index contributed by atoms with van der Waals surface area (Å²) in [5.74, 6) is -2.21. The lowest BCUT2D eigenvalue weighted by molar-refractivity contribution is -0.689. The molecular weight excluding hydrogens is 725 g/mol. The second-order valence-corrected chi connectivity index (χ2v) is 14.8. The van der Waals surface area contributed by atoms with Crippen LogP contribution in [-0.2, 0) is 46.6 Å². The van der Waals surface area contributed by atoms with E-state index in [4.69, 9.17) is 24.3 Å². The van der Waals surface area contributed by atoms with Crippen molar-refractivity contribution in [3.05, 3.63) is 81.9 Å². The van der Waals surface area contributed by atoms with Gasteiger partial charge in [-0.15, -0.1) is 23.1 Å². The number of hydrogen-bond acceptors (Lipinski definition) is 13. The maximum atomic E-state index is 13.8. The number of benzene rings is 1. The number of carbonyl (C=O) groups excluding carboxylic acids is 5. The van der Waals surface area contributed by atoms with E-state index in [0.29, 0.717) is 27.5 Å². The molecule has 2 aliphatic heterocycles. The highest BCUT2D eigenvalue weighted by atomic mass is 32.2. The van der Waals surface area contributed by atoms with E-state index in [1.165, 1.54) is 35.1 Å². The number of amides is 3. The Kier molecular flexibility index (Phi) is 12.2. The van der Waals surface area contributed by atoms with Crippen molar-refractivity contribution in [2.45, 2.75) is 57.4 Å². The lowest BCUT2D eigenvalue weighted by Gasteiger charge is -2.49. The number of nitrogens with zero attached hydrogens (tertiary/aromatic N) is 4. The number of aromatic nitrogens is 1. The lowest BCUT2D eigenvalue weighted by Crippen LogP contribution is -2.71. The Morgan fingerprint density at radius 2 is 1.79 bits per heavy atom.